The number of hydrogen-bond donors (Lipinski definition) is 1. The van der Waals surface area contributed by atoms with Crippen LogP contribution in [0.3, 0.4) is 0 Å². The van der Waals surface area contributed by atoms with E-state index in [-0.39, 0.29) is 5.56 Å². The number of fused-ring (bicyclic) bond motifs is 1. The standard InChI is InChI=1S/C17H12BrFO2/c18-17-12-5-2-1-4-11(12)8-9-16(17)21-15-7-3-6-14(19)13(15)10-20/h1-9,20H,10H2. The van der Waals surface area contributed by atoms with E-state index < -0.39 is 12.4 Å². The minimum Gasteiger partial charge on any atom is -0.456 e. The Morgan fingerprint density at radius 3 is 2.57 bits per heavy atom. The molecule has 0 unspecified atom stereocenters. The second-order valence-corrected chi connectivity index (χ2v) is 5.37. The maximum atomic E-state index is 13.7. The Bertz CT molecular complexity index is 802. The minimum absolute atomic E-state index is 0.151. The van der Waals surface area contributed by atoms with E-state index in [1.54, 1.807) is 12.1 Å². The summed E-state index contributed by atoms with van der Waals surface area (Å²) in [6.45, 7) is -0.410. The molecule has 0 aliphatic rings. The Hall–Kier alpha value is -1.91. The van der Waals surface area contributed by atoms with Crippen LogP contribution in [0.5, 0.6) is 11.5 Å². The molecule has 0 amide bonds. The second-order valence-electron chi connectivity index (χ2n) is 4.58. The Labute approximate surface area is 129 Å². The van der Waals surface area contributed by atoms with Crippen LogP contribution < -0.4 is 4.74 Å². The summed E-state index contributed by atoms with van der Waals surface area (Å²) < 4.78 is 20.2. The van der Waals surface area contributed by atoms with E-state index in [1.807, 2.05) is 36.4 Å². The number of halogens is 2. The zero-order chi connectivity index (χ0) is 14.8. The first-order valence-corrected chi connectivity index (χ1v) is 7.23. The average molecular weight is 347 g/mol. The van der Waals surface area contributed by atoms with Gasteiger partial charge in [0.25, 0.3) is 0 Å². The largest absolute Gasteiger partial charge is 0.456 e. The Morgan fingerprint density at radius 1 is 0.952 bits per heavy atom. The van der Waals surface area contributed by atoms with Crippen molar-refractivity contribution in [3.63, 3.8) is 0 Å². The lowest BCUT2D eigenvalue weighted by atomic mass is 10.1. The number of aliphatic hydroxyl groups excluding tert-OH is 1. The van der Waals surface area contributed by atoms with Crippen LogP contribution in [0.1, 0.15) is 5.56 Å². The van der Waals surface area contributed by atoms with Gasteiger partial charge in [0.05, 0.1) is 16.6 Å². The highest BCUT2D eigenvalue weighted by molar-refractivity contribution is 9.10. The molecule has 106 valence electrons. The molecule has 0 heterocycles. The summed E-state index contributed by atoms with van der Waals surface area (Å²) in [7, 11) is 0. The highest BCUT2D eigenvalue weighted by Gasteiger charge is 2.12. The zero-order valence-corrected chi connectivity index (χ0v) is 12.6. The van der Waals surface area contributed by atoms with Gasteiger partial charge in [-0.15, -0.1) is 0 Å². The predicted octanol–water partition coefficient (Wildman–Crippen LogP) is 5.03. The van der Waals surface area contributed by atoms with Crippen molar-refractivity contribution in [3.05, 3.63) is 70.5 Å². The molecule has 3 aromatic rings. The lowest BCUT2D eigenvalue weighted by Crippen LogP contribution is -1.96. The predicted molar refractivity (Wildman–Crippen MR) is 84.0 cm³/mol. The number of hydrogen-bond acceptors (Lipinski definition) is 2. The van der Waals surface area contributed by atoms with Gasteiger partial charge in [-0.2, -0.15) is 0 Å². The van der Waals surface area contributed by atoms with Gasteiger partial charge in [-0.05, 0) is 44.9 Å². The summed E-state index contributed by atoms with van der Waals surface area (Å²) in [6.07, 6.45) is 0. The molecule has 0 bridgehead atoms. The topological polar surface area (TPSA) is 29.5 Å². The highest BCUT2D eigenvalue weighted by atomic mass is 79.9. The van der Waals surface area contributed by atoms with Crippen molar-refractivity contribution in [2.24, 2.45) is 0 Å². The maximum absolute atomic E-state index is 13.7. The van der Waals surface area contributed by atoms with Gasteiger partial charge in [0.1, 0.15) is 17.3 Å². The fraction of sp³-hybridized carbons (Fsp3) is 0.0588. The molecule has 0 saturated heterocycles. The van der Waals surface area contributed by atoms with Crippen LogP contribution in [0.4, 0.5) is 4.39 Å². The first-order valence-electron chi connectivity index (χ1n) is 6.44. The Kier molecular flexibility index (Phi) is 3.90. The van der Waals surface area contributed by atoms with Gasteiger partial charge in [-0.25, -0.2) is 4.39 Å². The molecule has 0 aliphatic carbocycles. The van der Waals surface area contributed by atoms with Gasteiger partial charge in [0, 0.05) is 0 Å². The molecule has 21 heavy (non-hydrogen) atoms. The molecule has 4 heteroatoms. The smallest absolute Gasteiger partial charge is 0.142 e. The van der Waals surface area contributed by atoms with Gasteiger partial charge in [-0.1, -0.05) is 36.4 Å². The van der Waals surface area contributed by atoms with Crippen LogP contribution in [0.2, 0.25) is 0 Å². The highest BCUT2D eigenvalue weighted by Crippen LogP contribution is 2.37. The monoisotopic (exact) mass is 346 g/mol. The van der Waals surface area contributed by atoms with Gasteiger partial charge < -0.3 is 9.84 Å². The van der Waals surface area contributed by atoms with Crippen LogP contribution in [0.15, 0.2) is 59.1 Å². The van der Waals surface area contributed by atoms with E-state index in [0.717, 1.165) is 15.2 Å². The summed E-state index contributed by atoms with van der Waals surface area (Å²) in [5, 5.41) is 11.4. The zero-order valence-electron chi connectivity index (χ0n) is 11.0. The first kappa shape index (κ1) is 14.0. The molecule has 0 aromatic heterocycles. The van der Waals surface area contributed by atoms with Crippen molar-refractivity contribution >= 4 is 26.7 Å². The van der Waals surface area contributed by atoms with Crippen molar-refractivity contribution in [2.75, 3.05) is 0 Å². The van der Waals surface area contributed by atoms with Crippen LogP contribution >= 0.6 is 15.9 Å². The molecular weight excluding hydrogens is 335 g/mol. The summed E-state index contributed by atoms with van der Waals surface area (Å²) >= 11 is 3.52. The lowest BCUT2D eigenvalue weighted by molar-refractivity contribution is 0.270. The third kappa shape index (κ3) is 2.64. The van der Waals surface area contributed by atoms with E-state index in [4.69, 9.17) is 4.74 Å². The van der Waals surface area contributed by atoms with Crippen molar-refractivity contribution < 1.29 is 14.2 Å². The van der Waals surface area contributed by atoms with E-state index in [9.17, 15) is 9.50 Å². The number of ether oxygens (including phenoxy) is 1. The normalized spacial score (nSPS) is 10.8. The van der Waals surface area contributed by atoms with Crippen LogP contribution in [0.25, 0.3) is 10.8 Å². The SMILES string of the molecule is OCc1c(F)cccc1Oc1ccc2ccccc2c1Br. The number of aliphatic hydroxyl groups is 1. The summed E-state index contributed by atoms with van der Waals surface area (Å²) in [5.41, 5.74) is 0.151. The molecule has 0 atom stereocenters. The van der Waals surface area contributed by atoms with Gasteiger partial charge in [-0.3, -0.25) is 0 Å². The summed E-state index contributed by atoms with van der Waals surface area (Å²) in [6, 6.07) is 16.1. The van der Waals surface area contributed by atoms with Crippen molar-refractivity contribution in [1.29, 1.82) is 0 Å². The average Bonchev–Trinajstić information content (AvgIpc) is 2.50. The second kappa shape index (κ2) is 5.84. The minimum atomic E-state index is -0.480. The summed E-state index contributed by atoms with van der Waals surface area (Å²) in [5.74, 6) is 0.411. The molecule has 0 radical (unpaired) electrons. The van der Waals surface area contributed by atoms with Crippen molar-refractivity contribution in [3.8, 4) is 11.5 Å². The van der Waals surface area contributed by atoms with Gasteiger partial charge in [0.15, 0.2) is 0 Å². The number of benzene rings is 3. The molecule has 1 N–H and O–H groups in total. The molecule has 3 aromatic carbocycles. The van der Waals surface area contributed by atoms with Crippen molar-refractivity contribution in [2.45, 2.75) is 6.61 Å². The van der Waals surface area contributed by atoms with Crippen LogP contribution in [-0.4, -0.2) is 5.11 Å². The third-order valence-electron chi connectivity index (χ3n) is 3.28. The quantitative estimate of drug-likeness (QED) is 0.720. The first-order chi connectivity index (χ1) is 10.2. The molecule has 0 fully saturated rings. The third-order valence-corrected chi connectivity index (χ3v) is 4.10. The number of rotatable bonds is 3. The van der Waals surface area contributed by atoms with E-state index in [2.05, 4.69) is 15.9 Å². The van der Waals surface area contributed by atoms with Crippen molar-refractivity contribution in [1.82, 2.24) is 0 Å². The Balaban J connectivity index is 2.07. The van der Waals surface area contributed by atoms with Gasteiger partial charge >= 0.3 is 0 Å². The van der Waals surface area contributed by atoms with E-state index >= 15 is 0 Å². The molecule has 2 nitrogen and oxygen atoms in total. The molecule has 3 rings (SSSR count). The van der Waals surface area contributed by atoms with E-state index in [1.165, 1.54) is 6.07 Å². The molecule has 0 aliphatic heterocycles. The van der Waals surface area contributed by atoms with Crippen LogP contribution in [0, 0.1) is 5.82 Å². The fourth-order valence-corrected chi connectivity index (χ4v) is 2.77. The van der Waals surface area contributed by atoms with Crippen LogP contribution in [-0.2, 0) is 6.61 Å². The summed E-state index contributed by atoms with van der Waals surface area (Å²) in [4.78, 5) is 0. The Morgan fingerprint density at radius 2 is 1.76 bits per heavy atom. The van der Waals surface area contributed by atoms with Gasteiger partial charge in [0.2, 0.25) is 0 Å². The molecule has 0 saturated carbocycles. The van der Waals surface area contributed by atoms with E-state index in [0.29, 0.717) is 11.5 Å². The fourth-order valence-electron chi connectivity index (χ4n) is 2.20. The maximum Gasteiger partial charge on any atom is 0.142 e. The molecular formula is C17H12BrFO2. The lowest BCUT2D eigenvalue weighted by Gasteiger charge is -2.13. The molecule has 0 spiro atoms.